The minimum absolute atomic E-state index is 0.123. The van der Waals surface area contributed by atoms with Crippen LogP contribution in [0, 0.1) is 24.0 Å². The largest absolute Gasteiger partial charge is 0.491 e. The van der Waals surface area contributed by atoms with Crippen molar-refractivity contribution in [2.24, 2.45) is 0 Å². The average Bonchev–Trinajstić information content (AvgIpc) is 2.81. The third-order valence-corrected chi connectivity index (χ3v) is 5.88. The Morgan fingerprint density at radius 2 is 1.70 bits per heavy atom. The van der Waals surface area contributed by atoms with E-state index in [1.807, 2.05) is 26.0 Å². The van der Waals surface area contributed by atoms with Crippen LogP contribution < -0.4 is 10.1 Å². The van der Waals surface area contributed by atoms with Gasteiger partial charge in [-0.05, 0) is 99.2 Å². The van der Waals surface area contributed by atoms with Gasteiger partial charge >= 0.3 is 0 Å². The summed E-state index contributed by atoms with van der Waals surface area (Å²) in [6.07, 6.45) is 9.43. The molecule has 0 spiro atoms. The molecule has 3 rings (SSSR count). The van der Waals surface area contributed by atoms with Gasteiger partial charge in [0.2, 0.25) is 0 Å². The summed E-state index contributed by atoms with van der Waals surface area (Å²) < 4.78 is 33.2. The van der Waals surface area contributed by atoms with E-state index in [1.165, 1.54) is 18.2 Å². The van der Waals surface area contributed by atoms with Crippen molar-refractivity contribution < 1.29 is 13.5 Å². The highest BCUT2D eigenvalue weighted by Gasteiger charge is 2.27. The summed E-state index contributed by atoms with van der Waals surface area (Å²) >= 11 is 0. The maximum absolute atomic E-state index is 14.3. The van der Waals surface area contributed by atoms with Gasteiger partial charge in [-0.15, -0.1) is 6.42 Å². The number of hydrogen-bond donors (Lipinski definition) is 1. The fourth-order valence-corrected chi connectivity index (χ4v) is 4.01. The molecule has 172 valence electrons. The van der Waals surface area contributed by atoms with E-state index in [2.05, 4.69) is 30.3 Å². The third-order valence-electron chi connectivity index (χ3n) is 5.88. The van der Waals surface area contributed by atoms with E-state index in [4.69, 9.17) is 11.2 Å². The molecule has 0 aliphatic heterocycles. The summed E-state index contributed by atoms with van der Waals surface area (Å²) in [6.45, 7) is 6.12. The molecule has 4 heteroatoms. The summed E-state index contributed by atoms with van der Waals surface area (Å²) in [5, 5.41) is 3.03. The van der Waals surface area contributed by atoms with E-state index >= 15 is 0 Å². The monoisotopic (exact) mass is 447 g/mol. The van der Waals surface area contributed by atoms with Gasteiger partial charge in [-0.25, -0.2) is 8.78 Å². The van der Waals surface area contributed by atoms with Crippen LogP contribution in [0.25, 0.3) is 0 Å². The van der Waals surface area contributed by atoms with Gasteiger partial charge in [0.1, 0.15) is 17.4 Å². The summed E-state index contributed by atoms with van der Waals surface area (Å²) in [5.41, 5.74) is 2.78. The Bertz CT molecular complexity index is 1080. The molecule has 0 saturated heterocycles. The van der Waals surface area contributed by atoms with Crippen molar-refractivity contribution in [2.45, 2.75) is 58.0 Å². The maximum atomic E-state index is 14.3. The minimum atomic E-state index is -0.356. The van der Waals surface area contributed by atoms with E-state index in [0.29, 0.717) is 11.4 Å². The number of halogens is 2. The van der Waals surface area contributed by atoms with E-state index in [-0.39, 0.29) is 23.2 Å². The van der Waals surface area contributed by atoms with Crippen molar-refractivity contribution in [3.8, 4) is 18.1 Å². The average molecular weight is 448 g/mol. The number of benzene rings is 3. The smallest absolute Gasteiger partial charge is 0.146 e. The van der Waals surface area contributed by atoms with Gasteiger partial charge in [-0.3, -0.25) is 0 Å². The molecule has 0 bridgehead atoms. The van der Waals surface area contributed by atoms with E-state index < -0.39 is 0 Å². The summed E-state index contributed by atoms with van der Waals surface area (Å²) in [7, 11) is 0. The predicted octanol–water partition coefficient (Wildman–Crippen LogP) is 7.80. The Labute approximate surface area is 196 Å². The highest BCUT2D eigenvalue weighted by molar-refractivity contribution is 5.60. The lowest BCUT2D eigenvalue weighted by molar-refractivity contribution is 0.242. The lowest BCUT2D eigenvalue weighted by atomic mass is 9.75. The second kappa shape index (κ2) is 11.0. The molecule has 2 nitrogen and oxygen atoms in total. The van der Waals surface area contributed by atoms with E-state index in [1.54, 1.807) is 24.3 Å². The Balaban J connectivity index is 1.68. The number of anilines is 2. The molecule has 0 aromatic heterocycles. The van der Waals surface area contributed by atoms with E-state index in [0.717, 1.165) is 42.6 Å². The molecule has 0 radical (unpaired) electrons. The molecule has 0 aliphatic rings. The molecule has 0 heterocycles. The Morgan fingerprint density at radius 3 is 2.30 bits per heavy atom. The number of hydrogen-bond acceptors (Lipinski definition) is 2. The van der Waals surface area contributed by atoms with Crippen LogP contribution in [0.5, 0.6) is 5.75 Å². The Kier molecular flexibility index (Phi) is 8.11. The molecule has 0 amide bonds. The fraction of sp³-hybridized carbons (Fsp3) is 0.310. The molecular formula is C29H31F2NO. The standard InChI is InChI=1S/C29H31F2NO/c1-5-29(6-2,23-10-16-26(17-11-23)33-21(3)4)19-7-8-22-9-18-27(31)28(20-22)32-25-14-12-24(30)13-15-25/h1,9-18,20-21,32H,6-8,19H2,2-4H3. The van der Waals surface area contributed by atoms with Crippen molar-refractivity contribution in [1.82, 2.24) is 0 Å². The molecule has 0 saturated carbocycles. The van der Waals surface area contributed by atoms with Crippen molar-refractivity contribution in [2.75, 3.05) is 5.32 Å². The zero-order valence-corrected chi connectivity index (χ0v) is 19.5. The van der Waals surface area contributed by atoms with Crippen molar-refractivity contribution in [3.63, 3.8) is 0 Å². The number of aryl methyl sites for hydroxylation is 1. The summed E-state index contributed by atoms with van der Waals surface area (Å²) in [6, 6.07) is 19.0. The van der Waals surface area contributed by atoms with Crippen LogP contribution in [-0.4, -0.2) is 6.10 Å². The van der Waals surface area contributed by atoms with Gasteiger partial charge in [0.15, 0.2) is 0 Å². The zero-order valence-electron chi connectivity index (χ0n) is 19.5. The third kappa shape index (κ3) is 6.35. The number of rotatable bonds is 10. The Hall–Kier alpha value is -3.32. The molecular weight excluding hydrogens is 416 g/mol. The molecule has 1 unspecified atom stereocenters. The number of terminal acetylenes is 1. The van der Waals surface area contributed by atoms with Crippen LogP contribution in [0.3, 0.4) is 0 Å². The first-order chi connectivity index (χ1) is 15.8. The first-order valence-electron chi connectivity index (χ1n) is 11.4. The van der Waals surface area contributed by atoms with E-state index in [9.17, 15) is 8.78 Å². The van der Waals surface area contributed by atoms with Crippen LogP contribution in [0.2, 0.25) is 0 Å². The summed E-state index contributed by atoms with van der Waals surface area (Å²) in [5.74, 6) is 3.20. The van der Waals surface area contributed by atoms with Gasteiger partial charge in [-0.2, -0.15) is 0 Å². The van der Waals surface area contributed by atoms with Gasteiger partial charge < -0.3 is 10.1 Å². The van der Waals surface area contributed by atoms with Gasteiger partial charge in [0, 0.05) is 5.69 Å². The SMILES string of the molecule is C#CC(CC)(CCCc1ccc(F)c(Nc2ccc(F)cc2)c1)c1ccc(OC(C)C)cc1. The van der Waals surface area contributed by atoms with Crippen molar-refractivity contribution in [1.29, 1.82) is 0 Å². The molecule has 1 N–H and O–H groups in total. The van der Waals surface area contributed by atoms with Crippen LogP contribution in [0.4, 0.5) is 20.2 Å². The van der Waals surface area contributed by atoms with Crippen LogP contribution >= 0.6 is 0 Å². The van der Waals surface area contributed by atoms with Gasteiger partial charge in [-0.1, -0.05) is 31.0 Å². The van der Waals surface area contributed by atoms with Crippen molar-refractivity contribution in [3.05, 3.63) is 89.5 Å². The second-order valence-corrected chi connectivity index (χ2v) is 8.57. The summed E-state index contributed by atoms with van der Waals surface area (Å²) in [4.78, 5) is 0. The maximum Gasteiger partial charge on any atom is 0.146 e. The van der Waals surface area contributed by atoms with Crippen LogP contribution in [-0.2, 0) is 11.8 Å². The van der Waals surface area contributed by atoms with Crippen molar-refractivity contribution >= 4 is 11.4 Å². The molecule has 33 heavy (non-hydrogen) atoms. The van der Waals surface area contributed by atoms with Crippen LogP contribution in [0.1, 0.15) is 51.2 Å². The number of nitrogens with one attached hydrogen (secondary N) is 1. The molecule has 1 atom stereocenters. The molecule has 0 fully saturated rings. The highest BCUT2D eigenvalue weighted by Crippen LogP contribution is 2.34. The fourth-order valence-electron chi connectivity index (χ4n) is 4.01. The Morgan fingerprint density at radius 1 is 1.00 bits per heavy atom. The first kappa shape index (κ1) is 24.3. The molecule has 3 aromatic rings. The molecule has 3 aromatic carbocycles. The molecule has 0 aliphatic carbocycles. The van der Waals surface area contributed by atoms with Gasteiger partial charge in [0.05, 0.1) is 17.2 Å². The lowest BCUT2D eigenvalue weighted by Gasteiger charge is -2.28. The predicted molar refractivity (Wildman–Crippen MR) is 132 cm³/mol. The second-order valence-electron chi connectivity index (χ2n) is 8.57. The minimum Gasteiger partial charge on any atom is -0.491 e. The topological polar surface area (TPSA) is 21.3 Å². The lowest BCUT2D eigenvalue weighted by Crippen LogP contribution is -2.23. The van der Waals surface area contributed by atoms with Crippen LogP contribution in [0.15, 0.2) is 66.7 Å². The highest BCUT2D eigenvalue weighted by atomic mass is 19.1. The zero-order chi connectivity index (χ0) is 23.8. The number of ether oxygens (including phenoxy) is 1. The normalized spacial score (nSPS) is 12.8. The quantitative estimate of drug-likeness (QED) is 0.320. The van der Waals surface area contributed by atoms with Gasteiger partial charge in [0.25, 0.3) is 0 Å². The first-order valence-corrected chi connectivity index (χ1v) is 11.4.